The molecule has 37 heavy (non-hydrogen) atoms. The lowest BCUT2D eigenvalue weighted by molar-refractivity contribution is -0.175. The Kier molecular flexibility index (Phi) is 8.70. The summed E-state index contributed by atoms with van der Waals surface area (Å²) in [6.45, 7) is 5.50. The number of carbonyl (C=O) groups is 4. The van der Waals surface area contributed by atoms with Crippen molar-refractivity contribution in [3.8, 4) is 0 Å². The van der Waals surface area contributed by atoms with Crippen molar-refractivity contribution in [1.29, 1.82) is 0 Å². The fourth-order valence-corrected chi connectivity index (χ4v) is 4.90. The van der Waals surface area contributed by atoms with Crippen molar-refractivity contribution in [3.05, 3.63) is 83.9 Å². The Balaban J connectivity index is 2.31. The number of nitrogens with zero attached hydrogens (tertiary/aromatic N) is 1. The Morgan fingerprint density at radius 1 is 0.919 bits per heavy atom. The molecule has 3 rings (SSSR count). The number of hydrogen-bond acceptors (Lipinski definition) is 8. The summed E-state index contributed by atoms with van der Waals surface area (Å²) < 4.78 is 20.9. The molecule has 0 saturated carbocycles. The van der Waals surface area contributed by atoms with Crippen molar-refractivity contribution >= 4 is 24.0 Å². The van der Waals surface area contributed by atoms with E-state index in [1.54, 1.807) is 19.1 Å². The maximum absolute atomic E-state index is 13.6. The van der Waals surface area contributed by atoms with Gasteiger partial charge in [0.15, 0.2) is 11.5 Å². The highest BCUT2D eigenvalue weighted by Gasteiger charge is 2.62. The summed E-state index contributed by atoms with van der Waals surface area (Å²) in [4.78, 5) is 54.5. The number of allylic oxidation sites excluding steroid dienone is 1. The number of cyclic esters (lactones) is 1. The van der Waals surface area contributed by atoms with Crippen LogP contribution in [0, 0.1) is 5.41 Å². The average Bonchev–Trinajstić information content (AvgIpc) is 3.26. The molecule has 0 aromatic heterocycles. The van der Waals surface area contributed by atoms with Gasteiger partial charge in [-0.05, 0) is 24.5 Å². The smallest absolute Gasteiger partial charge is 0.411 e. The van der Waals surface area contributed by atoms with E-state index in [0.717, 1.165) is 14.2 Å². The first-order valence-corrected chi connectivity index (χ1v) is 11.7. The average molecular weight is 510 g/mol. The molecule has 0 radical (unpaired) electrons. The number of hydrogen-bond donors (Lipinski definition) is 0. The second-order valence-electron chi connectivity index (χ2n) is 8.86. The number of rotatable bonds is 10. The molecule has 2 aromatic carbocycles. The topological polar surface area (TPSA) is 108 Å². The summed E-state index contributed by atoms with van der Waals surface area (Å²) in [5, 5.41) is 0. The molecule has 1 fully saturated rings. The van der Waals surface area contributed by atoms with Crippen molar-refractivity contribution in [2.45, 2.75) is 38.0 Å². The minimum absolute atomic E-state index is 0.241. The second-order valence-corrected chi connectivity index (χ2v) is 8.86. The second kappa shape index (κ2) is 11.7. The van der Waals surface area contributed by atoms with Crippen LogP contribution < -0.4 is 0 Å². The fraction of sp³-hybridized carbons (Fsp3) is 0.357. The molecule has 2 aromatic rings. The molecule has 9 heteroatoms. The number of benzene rings is 2. The number of methoxy groups -OCH3 is 3. The van der Waals surface area contributed by atoms with Crippen LogP contribution in [0.25, 0.3) is 0 Å². The highest BCUT2D eigenvalue weighted by Crippen LogP contribution is 2.49. The lowest BCUT2D eigenvalue weighted by atomic mass is 9.72. The Hall–Kier alpha value is -4.14. The van der Waals surface area contributed by atoms with Crippen molar-refractivity contribution in [1.82, 2.24) is 4.90 Å². The molecular weight excluding hydrogens is 478 g/mol. The predicted molar refractivity (Wildman–Crippen MR) is 133 cm³/mol. The lowest BCUT2D eigenvalue weighted by Gasteiger charge is -2.41. The summed E-state index contributed by atoms with van der Waals surface area (Å²) in [5.41, 5.74) is -0.308. The lowest BCUT2D eigenvalue weighted by Crippen LogP contribution is -2.59. The van der Waals surface area contributed by atoms with Crippen LogP contribution in [-0.2, 0) is 33.3 Å². The first-order chi connectivity index (χ1) is 17.7. The molecule has 0 bridgehead atoms. The number of esters is 3. The fourth-order valence-electron chi connectivity index (χ4n) is 4.90. The largest absolute Gasteiger partial charge is 0.469 e. The molecule has 3 atom stereocenters. The molecule has 1 amide bonds. The molecule has 1 saturated heterocycles. The molecule has 1 aliphatic heterocycles. The minimum Gasteiger partial charge on any atom is -0.469 e. The highest BCUT2D eigenvalue weighted by atomic mass is 16.6. The zero-order valence-corrected chi connectivity index (χ0v) is 21.3. The van der Waals surface area contributed by atoms with Gasteiger partial charge in [-0.25, -0.2) is 4.79 Å². The normalized spacial score (nSPS) is 17.9. The van der Waals surface area contributed by atoms with Gasteiger partial charge in [-0.3, -0.25) is 19.3 Å². The number of ether oxygens (including phenoxy) is 4. The third kappa shape index (κ3) is 5.35. The van der Waals surface area contributed by atoms with Crippen LogP contribution in [0.15, 0.2) is 72.8 Å². The molecular formula is C28H31NO8. The van der Waals surface area contributed by atoms with Gasteiger partial charge in [-0.1, -0.05) is 66.2 Å². The summed E-state index contributed by atoms with van der Waals surface area (Å²) in [6, 6.07) is 15.9. The first kappa shape index (κ1) is 27.4. The first-order valence-electron chi connectivity index (χ1n) is 11.7. The molecule has 9 nitrogen and oxygen atoms in total. The van der Waals surface area contributed by atoms with Gasteiger partial charge in [0, 0.05) is 0 Å². The summed E-state index contributed by atoms with van der Waals surface area (Å²) in [6.07, 6.45) is -2.35. The van der Waals surface area contributed by atoms with Gasteiger partial charge >= 0.3 is 24.0 Å². The van der Waals surface area contributed by atoms with E-state index in [1.165, 1.54) is 12.0 Å². The van der Waals surface area contributed by atoms with Crippen LogP contribution >= 0.6 is 0 Å². The number of amides is 1. The van der Waals surface area contributed by atoms with Crippen LogP contribution in [-0.4, -0.2) is 56.3 Å². The Morgan fingerprint density at radius 2 is 1.43 bits per heavy atom. The maximum atomic E-state index is 13.6. The Morgan fingerprint density at radius 3 is 1.89 bits per heavy atom. The molecule has 196 valence electrons. The predicted octanol–water partition coefficient (Wildman–Crippen LogP) is 4.15. The minimum atomic E-state index is -2.12. The van der Waals surface area contributed by atoms with Crippen LogP contribution in [0.3, 0.4) is 0 Å². The van der Waals surface area contributed by atoms with Crippen molar-refractivity contribution in [2.75, 3.05) is 21.3 Å². The van der Waals surface area contributed by atoms with E-state index in [9.17, 15) is 19.2 Å². The van der Waals surface area contributed by atoms with E-state index in [4.69, 9.17) is 18.9 Å². The van der Waals surface area contributed by atoms with Crippen LogP contribution in [0.4, 0.5) is 4.79 Å². The van der Waals surface area contributed by atoms with Crippen molar-refractivity contribution in [3.63, 3.8) is 0 Å². The summed E-state index contributed by atoms with van der Waals surface area (Å²) >= 11 is 0. The Labute approximate surface area is 215 Å². The van der Waals surface area contributed by atoms with Crippen molar-refractivity contribution < 1.29 is 38.1 Å². The van der Waals surface area contributed by atoms with Gasteiger partial charge in [-0.15, -0.1) is 6.58 Å². The van der Waals surface area contributed by atoms with E-state index in [2.05, 4.69) is 6.58 Å². The van der Waals surface area contributed by atoms with Gasteiger partial charge in [0.2, 0.25) is 0 Å². The van der Waals surface area contributed by atoms with Gasteiger partial charge < -0.3 is 18.9 Å². The SMILES string of the molecule is C=C(C)CC(C(=O)OC)(C(=O)OC)[C@@H](CC(=O)OC)N1C(=O)O[C@H](c2ccccc2)[C@@H]1c1ccccc1. The van der Waals surface area contributed by atoms with E-state index >= 15 is 0 Å². The Bertz CT molecular complexity index is 1130. The number of carbonyl (C=O) groups excluding carboxylic acids is 4. The van der Waals surface area contributed by atoms with Gasteiger partial charge in [0.25, 0.3) is 0 Å². The van der Waals surface area contributed by atoms with Gasteiger partial charge in [0.05, 0.1) is 33.8 Å². The van der Waals surface area contributed by atoms with Crippen LogP contribution in [0.1, 0.15) is 43.0 Å². The monoisotopic (exact) mass is 509 g/mol. The zero-order valence-electron chi connectivity index (χ0n) is 21.3. The van der Waals surface area contributed by atoms with E-state index < -0.39 is 54.0 Å². The molecule has 0 unspecified atom stereocenters. The van der Waals surface area contributed by atoms with Crippen molar-refractivity contribution in [2.24, 2.45) is 5.41 Å². The zero-order chi connectivity index (χ0) is 27.2. The maximum Gasteiger partial charge on any atom is 0.411 e. The van der Waals surface area contributed by atoms with E-state index in [0.29, 0.717) is 16.7 Å². The van der Waals surface area contributed by atoms with Crippen LogP contribution in [0.5, 0.6) is 0 Å². The van der Waals surface area contributed by atoms with Gasteiger partial charge in [0.1, 0.15) is 6.04 Å². The molecule has 1 aliphatic rings. The standard InChI is InChI=1S/C28H31NO8/c1-18(2)17-28(25(31)35-4,26(32)36-5)21(16-22(30)34-3)29-23(19-12-8-6-9-13-19)24(37-27(29)33)20-14-10-7-11-15-20/h6-15,21,23-24H,1,16-17H2,2-5H3/t21-,23+,24-/m1/s1. The summed E-state index contributed by atoms with van der Waals surface area (Å²) in [5.74, 6) is -2.69. The molecule has 0 N–H and O–H groups in total. The summed E-state index contributed by atoms with van der Waals surface area (Å²) in [7, 11) is 3.43. The van der Waals surface area contributed by atoms with E-state index in [1.807, 2.05) is 48.5 Å². The van der Waals surface area contributed by atoms with Gasteiger partial charge in [-0.2, -0.15) is 0 Å². The highest BCUT2D eigenvalue weighted by molar-refractivity contribution is 6.02. The third-order valence-corrected chi connectivity index (χ3v) is 6.47. The third-order valence-electron chi connectivity index (χ3n) is 6.47. The molecule has 1 heterocycles. The molecule has 0 spiro atoms. The van der Waals surface area contributed by atoms with Crippen LogP contribution in [0.2, 0.25) is 0 Å². The molecule has 0 aliphatic carbocycles. The van der Waals surface area contributed by atoms with E-state index in [-0.39, 0.29) is 6.42 Å². The quantitative estimate of drug-likeness (QED) is 0.203.